The molecule has 1 amide bonds. The molecular formula is C14H12INO3. The Balaban J connectivity index is 2.25. The summed E-state index contributed by atoms with van der Waals surface area (Å²) in [5.74, 6) is -0.273. The molecule has 0 aliphatic carbocycles. The third-order valence-corrected chi connectivity index (χ3v) is 3.33. The van der Waals surface area contributed by atoms with Gasteiger partial charge in [-0.05, 0) is 71.5 Å². The highest BCUT2D eigenvalue weighted by atomic mass is 127. The standard InChI is InChI=1S/C14H12INO3/c1-8-6-10(3-5-12(8)17)16-14(19)11-7-9(15)2-4-13(11)18/h2-7,17-18H,1H3,(H,16,19). The number of phenols is 2. The quantitative estimate of drug-likeness (QED) is 0.562. The van der Waals surface area contributed by atoms with Crippen LogP contribution in [0.5, 0.6) is 11.5 Å². The topological polar surface area (TPSA) is 69.6 Å². The summed E-state index contributed by atoms with van der Waals surface area (Å²) in [5, 5.41) is 21.8. The van der Waals surface area contributed by atoms with Crippen molar-refractivity contribution in [3.63, 3.8) is 0 Å². The van der Waals surface area contributed by atoms with Crippen LogP contribution in [0.25, 0.3) is 0 Å². The zero-order valence-electron chi connectivity index (χ0n) is 10.1. The first-order valence-corrected chi connectivity index (χ1v) is 6.65. The SMILES string of the molecule is Cc1cc(NC(=O)c2cc(I)ccc2O)ccc1O. The van der Waals surface area contributed by atoms with Crippen LogP contribution in [0.2, 0.25) is 0 Å². The number of hydrogen-bond donors (Lipinski definition) is 3. The molecule has 0 aliphatic rings. The molecule has 0 unspecified atom stereocenters. The first-order valence-electron chi connectivity index (χ1n) is 5.57. The van der Waals surface area contributed by atoms with Gasteiger partial charge in [-0.2, -0.15) is 0 Å². The van der Waals surface area contributed by atoms with Crippen LogP contribution in [0.3, 0.4) is 0 Å². The van der Waals surface area contributed by atoms with Gasteiger partial charge in [0.25, 0.3) is 5.91 Å². The maximum Gasteiger partial charge on any atom is 0.259 e. The lowest BCUT2D eigenvalue weighted by molar-refractivity contribution is 0.102. The Kier molecular flexibility index (Phi) is 3.94. The highest BCUT2D eigenvalue weighted by Gasteiger charge is 2.12. The van der Waals surface area contributed by atoms with Gasteiger partial charge < -0.3 is 15.5 Å². The highest BCUT2D eigenvalue weighted by molar-refractivity contribution is 14.1. The van der Waals surface area contributed by atoms with Gasteiger partial charge in [0.05, 0.1) is 5.56 Å². The Morgan fingerprint density at radius 3 is 2.47 bits per heavy atom. The highest BCUT2D eigenvalue weighted by Crippen LogP contribution is 2.23. The van der Waals surface area contributed by atoms with Crippen LogP contribution in [0.15, 0.2) is 36.4 Å². The molecule has 2 aromatic carbocycles. The van der Waals surface area contributed by atoms with Crippen molar-refractivity contribution in [2.24, 2.45) is 0 Å². The van der Waals surface area contributed by atoms with E-state index in [9.17, 15) is 15.0 Å². The van der Waals surface area contributed by atoms with E-state index in [1.54, 1.807) is 31.2 Å². The Morgan fingerprint density at radius 1 is 1.11 bits per heavy atom. The second-order valence-corrected chi connectivity index (χ2v) is 5.36. The molecule has 4 nitrogen and oxygen atoms in total. The van der Waals surface area contributed by atoms with E-state index in [1.165, 1.54) is 12.1 Å². The Labute approximate surface area is 124 Å². The molecule has 3 N–H and O–H groups in total. The van der Waals surface area contributed by atoms with Crippen LogP contribution in [0.4, 0.5) is 5.69 Å². The second-order valence-electron chi connectivity index (χ2n) is 4.12. The van der Waals surface area contributed by atoms with Gasteiger partial charge in [0, 0.05) is 9.26 Å². The fourth-order valence-corrected chi connectivity index (χ4v) is 2.11. The van der Waals surface area contributed by atoms with Gasteiger partial charge in [-0.1, -0.05) is 0 Å². The Morgan fingerprint density at radius 2 is 1.79 bits per heavy atom. The van der Waals surface area contributed by atoms with Gasteiger partial charge in [0.2, 0.25) is 0 Å². The number of rotatable bonds is 2. The molecular weight excluding hydrogens is 357 g/mol. The van der Waals surface area contributed by atoms with Crippen molar-refractivity contribution in [2.45, 2.75) is 6.92 Å². The summed E-state index contributed by atoms with van der Waals surface area (Å²) in [7, 11) is 0. The number of carbonyl (C=O) groups excluding carboxylic acids is 1. The van der Waals surface area contributed by atoms with Crippen LogP contribution < -0.4 is 5.32 Å². The summed E-state index contributed by atoms with van der Waals surface area (Å²) in [5.41, 5.74) is 1.46. The fourth-order valence-electron chi connectivity index (χ4n) is 1.62. The largest absolute Gasteiger partial charge is 0.508 e. The zero-order chi connectivity index (χ0) is 14.0. The van der Waals surface area contributed by atoms with Crippen molar-refractivity contribution >= 4 is 34.2 Å². The average Bonchev–Trinajstić information content (AvgIpc) is 2.36. The number of benzene rings is 2. The summed E-state index contributed by atoms with van der Waals surface area (Å²) < 4.78 is 0.863. The smallest absolute Gasteiger partial charge is 0.259 e. The molecule has 0 fully saturated rings. The van der Waals surface area contributed by atoms with Crippen LogP contribution in [0.1, 0.15) is 15.9 Å². The molecule has 5 heteroatoms. The summed E-state index contributed by atoms with van der Waals surface area (Å²) in [4.78, 5) is 12.0. The van der Waals surface area contributed by atoms with E-state index in [1.807, 2.05) is 0 Å². The molecule has 19 heavy (non-hydrogen) atoms. The first kappa shape index (κ1) is 13.7. The zero-order valence-corrected chi connectivity index (χ0v) is 12.3. The number of anilines is 1. The van der Waals surface area contributed by atoms with Crippen molar-refractivity contribution in [3.8, 4) is 11.5 Å². The number of halogens is 1. The number of nitrogens with one attached hydrogen (secondary N) is 1. The summed E-state index contributed by atoms with van der Waals surface area (Å²) in [6, 6.07) is 9.59. The molecule has 0 saturated carbocycles. The third kappa shape index (κ3) is 3.17. The van der Waals surface area contributed by atoms with E-state index in [4.69, 9.17) is 0 Å². The molecule has 2 rings (SSSR count). The lowest BCUT2D eigenvalue weighted by Crippen LogP contribution is -2.12. The molecule has 0 spiro atoms. The van der Waals surface area contributed by atoms with E-state index in [0.717, 1.165) is 3.57 Å². The minimum atomic E-state index is -0.388. The van der Waals surface area contributed by atoms with Gasteiger partial charge in [-0.15, -0.1) is 0 Å². The molecule has 0 atom stereocenters. The lowest BCUT2D eigenvalue weighted by Gasteiger charge is -2.08. The maximum atomic E-state index is 12.0. The van der Waals surface area contributed by atoms with Crippen molar-refractivity contribution in [1.82, 2.24) is 0 Å². The first-order chi connectivity index (χ1) is 8.97. The number of hydrogen-bond acceptors (Lipinski definition) is 3. The third-order valence-electron chi connectivity index (χ3n) is 2.66. The molecule has 2 aromatic rings. The summed E-state index contributed by atoms with van der Waals surface area (Å²) in [6.07, 6.45) is 0. The van der Waals surface area contributed by atoms with Gasteiger partial charge in [0.1, 0.15) is 11.5 Å². The molecule has 0 aromatic heterocycles. The van der Waals surface area contributed by atoms with E-state index in [2.05, 4.69) is 27.9 Å². The van der Waals surface area contributed by atoms with E-state index in [-0.39, 0.29) is 23.0 Å². The predicted octanol–water partition coefficient (Wildman–Crippen LogP) is 3.26. The molecule has 0 heterocycles. The minimum Gasteiger partial charge on any atom is -0.508 e. The molecule has 0 radical (unpaired) electrons. The Bertz CT molecular complexity index is 641. The molecule has 0 saturated heterocycles. The van der Waals surface area contributed by atoms with Gasteiger partial charge in [-0.25, -0.2) is 0 Å². The van der Waals surface area contributed by atoms with E-state index < -0.39 is 0 Å². The number of aryl methyl sites for hydroxylation is 1. The van der Waals surface area contributed by atoms with Crippen molar-refractivity contribution in [2.75, 3.05) is 5.32 Å². The van der Waals surface area contributed by atoms with Crippen LogP contribution in [-0.2, 0) is 0 Å². The van der Waals surface area contributed by atoms with Crippen LogP contribution in [-0.4, -0.2) is 16.1 Å². The number of amides is 1. The van der Waals surface area contributed by atoms with Crippen LogP contribution in [0, 0.1) is 10.5 Å². The second kappa shape index (κ2) is 5.48. The monoisotopic (exact) mass is 369 g/mol. The summed E-state index contributed by atoms with van der Waals surface area (Å²) >= 11 is 2.07. The number of aromatic hydroxyl groups is 2. The van der Waals surface area contributed by atoms with Crippen molar-refractivity contribution < 1.29 is 15.0 Å². The minimum absolute atomic E-state index is 0.0617. The van der Waals surface area contributed by atoms with Gasteiger partial charge in [0.15, 0.2) is 0 Å². The molecule has 0 aliphatic heterocycles. The predicted molar refractivity (Wildman–Crippen MR) is 81.6 cm³/mol. The van der Waals surface area contributed by atoms with Gasteiger partial charge >= 0.3 is 0 Å². The Hall–Kier alpha value is -1.76. The number of phenolic OH excluding ortho intramolecular Hbond substituents is 2. The van der Waals surface area contributed by atoms with Crippen molar-refractivity contribution in [1.29, 1.82) is 0 Å². The molecule has 0 bridgehead atoms. The van der Waals surface area contributed by atoms with Crippen LogP contribution >= 0.6 is 22.6 Å². The normalized spacial score (nSPS) is 10.2. The lowest BCUT2D eigenvalue weighted by atomic mass is 10.1. The maximum absolute atomic E-state index is 12.0. The molecule has 98 valence electrons. The fraction of sp³-hybridized carbons (Fsp3) is 0.0714. The van der Waals surface area contributed by atoms with E-state index >= 15 is 0 Å². The van der Waals surface area contributed by atoms with E-state index in [0.29, 0.717) is 11.3 Å². The van der Waals surface area contributed by atoms with Crippen molar-refractivity contribution in [3.05, 3.63) is 51.1 Å². The van der Waals surface area contributed by atoms with Gasteiger partial charge in [-0.3, -0.25) is 4.79 Å². The summed E-state index contributed by atoms with van der Waals surface area (Å²) in [6.45, 7) is 1.74. The number of carbonyl (C=O) groups is 1. The average molecular weight is 369 g/mol.